The van der Waals surface area contributed by atoms with Crippen molar-refractivity contribution in [3.8, 4) is 0 Å². The maximum Gasteiger partial charge on any atom is 0.279 e. The van der Waals surface area contributed by atoms with Crippen molar-refractivity contribution in [2.75, 3.05) is 32.0 Å². The number of rotatable bonds is 9. The Kier molecular flexibility index (Phi) is 8.94. The molecule has 0 radical (unpaired) electrons. The van der Waals surface area contributed by atoms with Crippen LogP contribution in [0.5, 0.6) is 0 Å². The topological polar surface area (TPSA) is 91.7 Å². The smallest absolute Gasteiger partial charge is 0.279 e. The minimum atomic E-state index is -0.594. The highest BCUT2D eigenvalue weighted by atomic mass is 16.2. The number of carbonyl (C=O) groups is 3. The molecule has 4 N–H and O–H groups in total. The molecule has 1 unspecified atom stereocenters. The molecule has 27 heavy (non-hydrogen) atoms. The highest BCUT2D eigenvalue weighted by molar-refractivity contribution is 5.93. The van der Waals surface area contributed by atoms with Crippen molar-refractivity contribution in [3.05, 3.63) is 28.8 Å². The van der Waals surface area contributed by atoms with Crippen LogP contribution in [0, 0.1) is 20.8 Å². The SMILES string of the molecule is CCCNC(=O)[C@H](C)NC(=O)C[NH+](C)CC(=O)Nc1c(C)cc(C)cc1C. The van der Waals surface area contributed by atoms with Crippen LogP contribution >= 0.6 is 0 Å². The number of anilines is 1. The number of nitrogens with one attached hydrogen (secondary N) is 4. The van der Waals surface area contributed by atoms with E-state index in [0.29, 0.717) is 6.54 Å². The van der Waals surface area contributed by atoms with E-state index in [9.17, 15) is 14.4 Å². The van der Waals surface area contributed by atoms with Crippen LogP contribution in [0.3, 0.4) is 0 Å². The quantitative estimate of drug-likeness (QED) is 0.492. The van der Waals surface area contributed by atoms with E-state index >= 15 is 0 Å². The van der Waals surface area contributed by atoms with Gasteiger partial charge in [0.05, 0.1) is 7.05 Å². The Labute approximate surface area is 161 Å². The largest absolute Gasteiger partial charge is 0.354 e. The van der Waals surface area contributed by atoms with Gasteiger partial charge in [-0.25, -0.2) is 0 Å². The fourth-order valence-electron chi connectivity index (χ4n) is 2.93. The number of quaternary nitrogens is 1. The van der Waals surface area contributed by atoms with Crippen molar-refractivity contribution < 1.29 is 19.3 Å². The summed E-state index contributed by atoms with van der Waals surface area (Å²) in [7, 11) is 1.77. The standard InChI is InChI=1S/C20H32N4O3/c1-7-8-21-20(27)16(5)22-17(25)11-24(6)12-18(26)23-19-14(3)9-13(2)10-15(19)4/h9-10,16H,7-8,11-12H2,1-6H3,(H,21,27)(H,22,25)(H,23,26)/p+1/t16-/m0/s1. The van der Waals surface area contributed by atoms with E-state index in [4.69, 9.17) is 0 Å². The van der Waals surface area contributed by atoms with Gasteiger partial charge < -0.3 is 20.9 Å². The summed E-state index contributed by atoms with van der Waals surface area (Å²) in [5.74, 6) is -0.614. The molecule has 0 saturated carbocycles. The molecule has 0 saturated heterocycles. The van der Waals surface area contributed by atoms with Crippen molar-refractivity contribution >= 4 is 23.4 Å². The van der Waals surface area contributed by atoms with Crippen molar-refractivity contribution in [2.45, 2.75) is 47.1 Å². The van der Waals surface area contributed by atoms with Gasteiger partial charge in [0.1, 0.15) is 6.04 Å². The molecule has 150 valence electrons. The van der Waals surface area contributed by atoms with Crippen molar-refractivity contribution in [1.82, 2.24) is 10.6 Å². The van der Waals surface area contributed by atoms with Crippen LogP contribution in [0.2, 0.25) is 0 Å². The molecule has 0 fully saturated rings. The number of benzene rings is 1. The summed E-state index contributed by atoms with van der Waals surface area (Å²) in [6.45, 7) is 10.4. The summed E-state index contributed by atoms with van der Waals surface area (Å²) in [6.07, 6.45) is 0.842. The first-order valence-electron chi connectivity index (χ1n) is 9.40. The van der Waals surface area contributed by atoms with Crippen LogP contribution in [0.1, 0.15) is 37.0 Å². The van der Waals surface area contributed by atoms with Crippen LogP contribution in [-0.4, -0.2) is 50.4 Å². The van der Waals surface area contributed by atoms with E-state index in [1.54, 1.807) is 14.0 Å². The predicted molar refractivity (Wildman–Crippen MR) is 107 cm³/mol. The van der Waals surface area contributed by atoms with Crippen LogP contribution in [0.25, 0.3) is 0 Å². The van der Waals surface area contributed by atoms with Gasteiger partial charge in [-0.2, -0.15) is 0 Å². The van der Waals surface area contributed by atoms with Gasteiger partial charge in [-0.3, -0.25) is 14.4 Å². The first kappa shape index (κ1) is 22.6. The molecule has 1 aromatic carbocycles. The summed E-state index contributed by atoms with van der Waals surface area (Å²) in [5.41, 5.74) is 4.01. The molecular weight excluding hydrogens is 344 g/mol. The molecule has 0 aliphatic carbocycles. The third kappa shape index (κ3) is 7.78. The number of hydrogen-bond donors (Lipinski definition) is 4. The van der Waals surface area contributed by atoms with E-state index < -0.39 is 6.04 Å². The van der Waals surface area contributed by atoms with Crippen molar-refractivity contribution in [1.29, 1.82) is 0 Å². The molecule has 0 spiro atoms. The van der Waals surface area contributed by atoms with E-state index in [1.165, 1.54) is 0 Å². The third-order valence-corrected chi connectivity index (χ3v) is 4.19. The molecule has 0 bridgehead atoms. The second kappa shape index (κ2) is 10.7. The van der Waals surface area contributed by atoms with Gasteiger partial charge in [0, 0.05) is 12.2 Å². The molecule has 1 rings (SSSR count). The highest BCUT2D eigenvalue weighted by Gasteiger charge is 2.19. The summed E-state index contributed by atoms with van der Waals surface area (Å²) >= 11 is 0. The Morgan fingerprint density at radius 2 is 1.59 bits per heavy atom. The molecule has 2 atom stereocenters. The molecule has 7 nitrogen and oxygen atoms in total. The monoisotopic (exact) mass is 377 g/mol. The third-order valence-electron chi connectivity index (χ3n) is 4.19. The summed E-state index contributed by atoms with van der Waals surface area (Å²) < 4.78 is 0. The molecule has 0 aliphatic rings. The van der Waals surface area contributed by atoms with E-state index in [-0.39, 0.29) is 30.8 Å². The van der Waals surface area contributed by atoms with E-state index in [1.807, 2.05) is 39.8 Å². The highest BCUT2D eigenvalue weighted by Crippen LogP contribution is 2.21. The molecule has 3 amide bonds. The van der Waals surface area contributed by atoms with Gasteiger partial charge >= 0.3 is 0 Å². The van der Waals surface area contributed by atoms with Crippen molar-refractivity contribution in [2.24, 2.45) is 0 Å². The Hall–Kier alpha value is -2.41. The van der Waals surface area contributed by atoms with Gasteiger partial charge in [0.25, 0.3) is 11.8 Å². The first-order chi connectivity index (χ1) is 12.6. The Bertz CT molecular complexity index is 665. The number of aryl methyl sites for hydroxylation is 3. The van der Waals surface area contributed by atoms with Gasteiger partial charge in [-0.15, -0.1) is 0 Å². The zero-order chi connectivity index (χ0) is 20.6. The normalized spacial score (nSPS) is 12.8. The van der Waals surface area contributed by atoms with Crippen LogP contribution in [-0.2, 0) is 14.4 Å². The molecule has 1 aromatic rings. The lowest BCUT2D eigenvalue weighted by molar-refractivity contribution is -0.862. The zero-order valence-electron chi connectivity index (χ0n) is 17.3. The second-order valence-corrected chi connectivity index (χ2v) is 7.21. The van der Waals surface area contributed by atoms with Gasteiger partial charge in [-0.05, 0) is 45.2 Å². The fourth-order valence-corrected chi connectivity index (χ4v) is 2.93. The van der Waals surface area contributed by atoms with Crippen LogP contribution < -0.4 is 20.9 Å². The number of amides is 3. The van der Waals surface area contributed by atoms with Gasteiger partial charge in [0.15, 0.2) is 13.1 Å². The predicted octanol–water partition coefficient (Wildman–Crippen LogP) is 0.0960. The number of carbonyl (C=O) groups excluding carboxylic acids is 3. The molecule has 0 aliphatic heterocycles. The van der Waals surface area contributed by atoms with E-state index in [2.05, 4.69) is 16.0 Å². The number of hydrogen-bond acceptors (Lipinski definition) is 3. The van der Waals surface area contributed by atoms with Crippen LogP contribution in [0.15, 0.2) is 12.1 Å². The van der Waals surface area contributed by atoms with Gasteiger partial charge in [0.2, 0.25) is 5.91 Å². The maximum absolute atomic E-state index is 12.3. The lowest BCUT2D eigenvalue weighted by Crippen LogP contribution is -3.11. The minimum Gasteiger partial charge on any atom is -0.354 e. The Balaban J connectivity index is 2.49. The fraction of sp³-hybridized carbons (Fsp3) is 0.550. The Morgan fingerprint density at radius 3 is 2.15 bits per heavy atom. The summed E-state index contributed by atoms with van der Waals surface area (Å²) in [5, 5.41) is 8.34. The zero-order valence-corrected chi connectivity index (χ0v) is 17.3. The maximum atomic E-state index is 12.3. The first-order valence-corrected chi connectivity index (χ1v) is 9.40. The van der Waals surface area contributed by atoms with Gasteiger partial charge in [-0.1, -0.05) is 24.6 Å². The summed E-state index contributed by atoms with van der Waals surface area (Å²) in [6, 6.07) is 3.46. The molecule has 7 heteroatoms. The number of likely N-dealkylation sites (N-methyl/N-ethyl adjacent to an activating group) is 1. The second-order valence-electron chi connectivity index (χ2n) is 7.21. The lowest BCUT2D eigenvalue weighted by Gasteiger charge is -2.18. The van der Waals surface area contributed by atoms with Crippen LogP contribution in [0.4, 0.5) is 5.69 Å². The average Bonchev–Trinajstić information content (AvgIpc) is 2.55. The molecule has 0 heterocycles. The average molecular weight is 378 g/mol. The van der Waals surface area contributed by atoms with Crippen molar-refractivity contribution in [3.63, 3.8) is 0 Å². The minimum absolute atomic E-state index is 0.116. The Morgan fingerprint density at radius 1 is 1.04 bits per heavy atom. The molecular formula is C20H33N4O3+. The molecule has 0 aromatic heterocycles. The lowest BCUT2D eigenvalue weighted by atomic mass is 10.1. The summed E-state index contributed by atoms with van der Waals surface area (Å²) in [4.78, 5) is 36.9. The van der Waals surface area contributed by atoms with E-state index in [0.717, 1.165) is 33.7 Å².